The first-order chi connectivity index (χ1) is 17.1. The molecule has 1 saturated carbocycles. The SMILES string of the molecule is Cl.Cl.N[C@@H]1CCCC[C@@H]1Nc1nc(C=Cc2ccc(Cl)cc2)nc2ccc(OCc3ccccc3)cc12. The molecule has 1 aliphatic rings. The van der Waals surface area contributed by atoms with Gasteiger partial charge < -0.3 is 15.8 Å². The lowest BCUT2D eigenvalue weighted by atomic mass is 9.91. The van der Waals surface area contributed by atoms with Crippen LogP contribution < -0.4 is 15.8 Å². The van der Waals surface area contributed by atoms with Crippen LogP contribution in [0.25, 0.3) is 23.1 Å². The number of ether oxygens (including phenoxy) is 1. The second kappa shape index (κ2) is 13.6. The molecule has 3 N–H and O–H groups in total. The molecule has 0 saturated heterocycles. The van der Waals surface area contributed by atoms with Crippen molar-refractivity contribution in [2.45, 2.75) is 44.4 Å². The van der Waals surface area contributed by atoms with E-state index in [0.717, 1.165) is 46.4 Å². The van der Waals surface area contributed by atoms with Crippen LogP contribution in [-0.4, -0.2) is 22.1 Å². The lowest BCUT2D eigenvalue weighted by Crippen LogP contribution is -2.42. The summed E-state index contributed by atoms with van der Waals surface area (Å²) in [4.78, 5) is 9.66. The monoisotopic (exact) mass is 556 g/mol. The molecule has 3 aromatic carbocycles. The third-order valence-corrected chi connectivity index (χ3v) is 6.62. The van der Waals surface area contributed by atoms with Crippen LogP contribution in [0.2, 0.25) is 5.02 Å². The summed E-state index contributed by atoms with van der Waals surface area (Å²) in [5.74, 6) is 2.21. The fraction of sp³-hybridized carbons (Fsp3) is 0.241. The molecule has 1 fully saturated rings. The largest absolute Gasteiger partial charge is 0.489 e. The van der Waals surface area contributed by atoms with Crippen molar-refractivity contribution in [2.75, 3.05) is 5.32 Å². The highest BCUT2D eigenvalue weighted by molar-refractivity contribution is 6.30. The number of anilines is 1. The van der Waals surface area contributed by atoms with Gasteiger partial charge in [0.05, 0.1) is 5.52 Å². The predicted octanol–water partition coefficient (Wildman–Crippen LogP) is 7.56. The van der Waals surface area contributed by atoms with Gasteiger partial charge in [0.15, 0.2) is 5.82 Å². The zero-order chi connectivity index (χ0) is 24.0. The van der Waals surface area contributed by atoms with E-state index < -0.39 is 0 Å². The van der Waals surface area contributed by atoms with Gasteiger partial charge in [-0.2, -0.15) is 0 Å². The average Bonchev–Trinajstić information content (AvgIpc) is 2.89. The van der Waals surface area contributed by atoms with Crippen LogP contribution in [0.5, 0.6) is 5.75 Å². The Morgan fingerprint density at radius 2 is 1.68 bits per heavy atom. The summed E-state index contributed by atoms with van der Waals surface area (Å²) in [5.41, 5.74) is 9.46. The fourth-order valence-corrected chi connectivity index (χ4v) is 4.53. The second-order valence-electron chi connectivity index (χ2n) is 8.97. The van der Waals surface area contributed by atoms with Crippen LogP contribution in [0.15, 0.2) is 72.8 Å². The molecule has 4 aromatic rings. The maximum absolute atomic E-state index is 6.44. The van der Waals surface area contributed by atoms with Crippen molar-refractivity contribution in [3.05, 3.63) is 94.8 Å². The first-order valence-corrected chi connectivity index (χ1v) is 12.5. The number of rotatable bonds is 7. The molecular weight excluding hydrogens is 527 g/mol. The molecule has 1 aliphatic carbocycles. The Kier molecular flexibility index (Phi) is 10.6. The summed E-state index contributed by atoms with van der Waals surface area (Å²) >= 11 is 6.01. The van der Waals surface area contributed by atoms with Crippen molar-refractivity contribution in [2.24, 2.45) is 5.73 Å². The van der Waals surface area contributed by atoms with E-state index in [9.17, 15) is 0 Å². The minimum atomic E-state index is 0. The van der Waals surface area contributed by atoms with Crippen LogP contribution in [-0.2, 0) is 6.61 Å². The van der Waals surface area contributed by atoms with Crippen molar-refractivity contribution in [1.82, 2.24) is 9.97 Å². The standard InChI is InChI=1S/C29H29ClN4O.2ClH/c30-22-13-10-20(11-14-22)12-17-28-32-26-16-15-23(35-19-21-6-2-1-3-7-21)18-24(26)29(34-28)33-27-9-5-4-8-25(27)31;;/h1-3,6-7,10-18,25,27H,4-5,8-9,19,31H2,(H,32,33,34);2*1H/t25-,27+;;/m1../s1. The molecular formula is C29H31Cl3N4O. The van der Waals surface area contributed by atoms with E-state index in [-0.39, 0.29) is 36.9 Å². The maximum Gasteiger partial charge on any atom is 0.154 e. The number of benzene rings is 3. The Balaban J connectivity index is 0.00000190. The van der Waals surface area contributed by atoms with Crippen molar-refractivity contribution in [3.63, 3.8) is 0 Å². The number of fused-ring (bicyclic) bond motifs is 1. The van der Waals surface area contributed by atoms with Crippen LogP contribution in [0.1, 0.15) is 42.6 Å². The van der Waals surface area contributed by atoms with Gasteiger partial charge in [0.1, 0.15) is 18.2 Å². The maximum atomic E-state index is 6.44. The number of hydrogen-bond donors (Lipinski definition) is 2. The van der Waals surface area contributed by atoms with E-state index in [1.54, 1.807) is 0 Å². The quantitative estimate of drug-likeness (QED) is 0.245. The topological polar surface area (TPSA) is 73.1 Å². The summed E-state index contributed by atoms with van der Waals surface area (Å²) in [7, 11) is 0. The lowest BCUT2D eigenvalue weighted by Gasteiger charge is -2.30. The molecule has 5 rings (SSSR count). The van der Waals surface area contributed by atoms with Gasteiger partial charge in [-0.15, -0.1) is 24.8 Å². The van der Waals surface area contributed by atoms with E-state index in [1.807, 2.05) is 72.8 Å². The lowest BCUT2D eigenvalue weighted by molar-refractivity contribution is 0.306. The highest BCUT2D eigenvalue weighted by Crippen LogP contribution is 2.29. The highest BCUT2D eigenvalue weighted by atomic mass is 35.5. The summed E-state index contributed by atoms with van der Waals surface area (Å²) in [6.45, 7) is 0.505. The van der Waals surface area contributed by atoms with E-state index in [0.29, 0.717) is 17.5 Å². The van der Waals surface area contributed by atoms with E-state index in [4.69, 9.17) is 32.0 Å². The summed E-state index contributed by atoms with van der Waals surface area (Å²) in [5, 5.41) is 5.28. The van der Waals surface area contributed by atoms with Crippen molar-refractivity contribution in [3.8, 4) is 5.75 Å². The van der Waals surface area contributed by atoms with Gasteiger partial charge in [0, 0.05) is 22.5 Å². The molecule has 0 bridgehead atoms. The molecule has 0 aliphatic heterocycles. The number of nitrogens with two attached hydrogens (primary N) is 1. The van der Waals surface area contributed by atoms with Gasteiger partial charge in [-0.3, -0.25) is 0 Å². The van der Waals surface area contributed by atoms with E-state index >= 15 is 0 Å². The number of nitrogens with zero attached hydrogens (tertiary/aromatic N) is 2. The molecule has 5 nitrogen and oxygen atoms in total. The first-order valence-electron chi connectivity index (χ1n) is 12.1. The third kappa shape index (κ3) is 7.59. The van der Waals surface area contributed by atoms with Crippen LogP contribution in [0, 0.1) is 0 Å². The molecule has 0 radical (unpaired) electrons. The zero-order valence-corrected chi connectivity index (χ0v) is 22.7. The number of halogens is 3. The summed E-state index contributed by atoms with van der Waals surface area (Å²) in [6.07, 6.45) is 8.32. The minimum Gasteiger partial charge on any atom is -0.489 e. The van der Waals surface area contributed by atoms with Crippen LogP contribution in [0.4, 0.5) is 5.82 Å². The van der Waals surface area contributed by atoms with E-state index in [1.165, 1.54) is 12.8 Å². The smallest absolute Gasteiger partial charge is 0.154 e. The van der Waals surface area contributed by atoms with E-state index in [2.05, 4.69) is 17.4 Å². The van der Waals surface area contributed by atoms with Gasteiger partial charge in [-0.25, -0.2) is 9.97 Å². The Morgan fingerprint density at radius 3 is 2.43 bits per heavy atom. The molecule has 37 heavy (non-hydrogen) atoms. The molecule has 8 heteroatoms. The number of hydrogen-bond acceptors (Lipinski definition) is 5. The van der Waals surface area contributed by atoms with Crippen LogP contribution >= 0.6 is 36.4 Å². The average molecular weight is 558 g/mol. The fourth-order valence-electron chi connectivity index (χ4n) is 4.40. The highest BCUT2D eigenvalue weighted by Gasteiger charge is 2.23. The molecule has 2 atom stereocenters. The summed E-state index contributed by atoms with van der Waals surface area (Å²) in [6, 6.07) is 24.1. The number of nitrogens with one attached hydrogen (secondary N) is 1. The third-order valence-electron chi connectivity index (χ3n) is 6.37. The van der Waals surface area contributed by atoms with Crippen molar-refractivity contribution >= 4 is 65.3 Å². The van der Waals surface area contributed by atoms with Gasteiger partial charge in [-0.05, 0) is 60.4 Å². The number of aromatic nitrogens is 2. The minimum absolute atomic E-state index is 0. The van der Waals surface area contributed by atoms with Crippen molar-refractivity contribution < 1.29 is 4.74 Å². The second-order valence-corrected chi connectivity index (χ2v) is 9.40. The first kappa shape index (κ1) is 28.7. The molecule has 0 amide bonds. The molecule has 1 aromatic heterocycles. The molecule has 1 heterocycles. The predicted molar refractivity (Wildman–Crippen MR) is 159 cm³/mol. The summed E-state index contributed by atoms with van der Waals surface area (Å²) < 4.78 is 6.08. The molecule has 194 valence electrons. The zero-order valence-electron chi connectivity index (χ0n) is 20.3. The Labute approximate surface area is 235 Å². The van der Waals surface area contributed by atoms with Gasteiger partial charge >= 0.3 is 0 Å². The Morgan fingerprint density at radius 1 is 0.919 bits per heavy atom. The van der Waals surface area contributed by atoms with Gasteiger partial charge in [0.25, 0.3) is 0 Å². The normalized spacial score (nSPS) is 17.1. The molecule has 0 unspecified atom stereocenters. The van der Waals surface area contributed by atoms with Crippen molar-refractivity contribution in [1.29, 1.82) is 0 Å². The molecule has 0 spiro atoms. The Bertz CT molecular complexity index is 1320. The Hall–Kier alpha value is -2.83. The van der Waals surface area contributed by atoms with Gasteiger partial charge in [0.2, 0.25) is 0 Å². The van der Waals surface area contributed by atoms with Gasteiger partial charge in [-0.1, -0.05) is 73.0 Å². The van der Waals surface area contributed by atoms with Crippen LogP contribution in [0.3, 0.4) is 0 Å².